The van der Waals surface area contributed by atoms with Gasteiger partial charge in [0.05, 0.1) is 18.0 Å². The lowest BCUT2D eigenvalue weighted by Crippen LogP contribution is -2.34. The molecule has 2 N–H and O–H groups in total. The summed E-state index contributed by atoms with van der Waals surface area (Å²) >= 11 is 1.65. The van der Waals surface area contributed by atoms with Crippen LogP contribution >= 0.6 is 11.3 Å². The van der Waals surface area contributed by atoms with Crippen molar-refractivity contribution in [3.05, 3.63) is 82.8 Å². The Kier molecular flexibility index (Phi) is 5.99. The number of aromatic nitrogens is 3. The molecule has 3 aromatic heterocycles. The van der Waals surface area contributed by atoms with Crippen molar-refractivity contribution < 1.29 is 4.79 Å². The fourth-order valence-corrected chi connectivity index (χ4v) is 4.20. The molecule has 152 valence electrons. The van der Waals surface area contributed by atoms with Crippen LogP contribution in [0.5, 0.6) is 0 Å². The number of aryl methyl sites for hydroxylation is 2. The Morgan fingerprint density at radius 2 is 1.97 bits per heavy atom. The van der Waals surface area contributed by atoms with Crippen LogP contribution in [0.3, 0.4) is 0 Å². The van der Waals surface area contributed by atoms with Crippen LogP contribution in [-0.4, -0.2) is 27.4 Å². The summed E-state index contributed by atoms with van der Waals surface area (Å²) < 4.78 is 0. The lowest BCUT2D eigenvalue weighted by atomic mass is 9.99. The Bertz CT molecular complexity index is 1140. The molecule has 0 saturated heterocycles. The number of rotatable bonds is 7. The molecule has 0 bridgehead atoms. The molecule has 0 aliphatic carbocycles. The van der Waals surface area contributed by atoms with Crippen LogP contribution < -0.4 is 10.6 Å². The van der Waals surface area contributed by atoms with Crippen LogP contribution in [0.1, 0.15) is 34.5 Å². The minimum Gasteiger partial charge on any atom is -0.360 e. The quantitative estimate of drug-likeness (QED) is 0.469. The summed E-state index contributed by atoms with van der Waals surface area (Å²) in [5.41, 5.74) is 3.12. The number of nitrogens with one attached hydrogen (secondary N) is 2. The largest absolute Gasteiger partial charge is 0.360 e. The molecule has 3 heterocycles. The summed E-state index contributed by atoms with van der Waals surface area (Å²) in [6.45, 7) is 4.27. The molecular weight excluding hydrogens is 394 g/mol. The van der Waals surface area contributed by atoms with Crippen molar-refractivity contribution in [1.82, 2.24) is 20.3 Å². The SMILES string of the molecule is CCc1cc2c(NCC(=O)NC(c3ccc(C)cc3)c3cccnc3)ncnc2s1. The number of thiophene rings is 1. The first-order valence-corrected chi connectivity index (χ1v) is 10.7. The van der Waals surface area contributed by atoms with Crippen molar-refractivity contribution in [1.29, 1.82) is 0 Å². The topological polar surface area (TPSA) is 79.8 Å². The van der Waals surface area contributed by atoms with E-state index in [9.17, 15) is 4.79 Å². The Morgan fingerprint density at radius 1 is 1.13 bits per heavy atom. The number of benzene rings is 1. The van der Waals surface area contributed by atoms with E-state index >= 15 is 0 Å². The first-order chi connectivity index (χ1) is 14.6. The number of carbonyl (C=O) groups excluding carboxylic acids is 1. The lowest BCUT2D eigenvalue weighted by molar-refractivity contribution is -0.119. The molecule has 30 heavy (non-hydrogen) atoms. The average Bonchev–Trinajstić information content (AvgIpc) is 3.21. The summed E-state index contributed by atoms with van der Waals surface area (Å²) in [6, 6.07) is 13.8. The number of amides is 1. The van der Waals surface area contributed by atoms with Crippen LogP contribution in [-0.2, 0) is 11.2 Å². The van der Waals surface area contributed by atoms with Crippen LogP contribution in [0, 0.1) is 6.92 Å². The van der Waals surface area contributed by atoms with E-state index in [1.54, 1.807) is 23.7 Å². The third kappa shape index (κ3) is 4.46. The van der Waals surface area contributed by atoms with Crippen molar-refractivity contribution in [3.63, 3.8) is 0 Å². The number of carbonyl (C=O) groups is 1. The highest BCUT2D eigenvalue weighted by Gasteiger charge is 2.17. The van der Waals surface area contributed by atoms with E-state index in [4.69, 9.17) is 0 Å². The van der Waals surface area contributed by atoms with Gasteiger partial charge < -0.3 is 10.6 Å². The van der Waals surface area contributed by atoms with E-state index in [1.807, 2.05) is 43.3 Å². The van der Waals surface area contributed by atoms with E-state index in [0.717, 1.165) is 27.8 Å². The van der Waals surface area contributed by atoms with Gasteiger partial charge in [0.15, 0.2) is 0 Å². The van der Waals surface area contributed by atoms with Crippen molar-refractivity contribution in [2.24, 2.45) is 0 Å². The van der Waals surface area contributed by atoms with Crippen LogP contribution in [0.4, 0.5) is 5.82 Å². The molecule has 4 aromatic rings. The Balaban J connectivity index is 1.51. The highest BCUT2D eigenvalue weighted by Crippen LogP contribution is 2.28. The number of fused-ring (bicyclic) bond motifs is 1. The lowest BCUT2D eigenvalue weighted by Gasteiger charge is -2.20. The van der Waals surface area contributed by atoms with Gasteiger partial charge in [0.1, 0.15) is 17.0 Å². The number of hydrogen-bond acceptors (Lipinski definition) is 6. The molecule has 0 saturated carbocycles. The highest BCUT2D eigenvalue weighted by molar-refractivity contribution is 7.18. The van der Waals surface area contributed by atoms with Gasteiger partial charge in [-0.05, 0) is 36.6 Å². The van der Waals surface area contributed by atoms with Gasteiger partial charge in [-0.15, -0.1) is 11.3 Å². The molecule has 6 nitrogen and oxygen atoms in total. The second kappa shape index (κ2) is 9.00. The maximum Gasteiger partial charge on any atom is 0.240 e. The molecule has 1 atom stereocenters. The summed E-state index contributed by atoms with van der Waals surface area (Å²) in [5, 5.41) is 7.24. The number of anilines is 1. The zero-order valence-electron chi connectivity index (χ0n) is 16.9. The zero-order chi connectivity index (χ0) is 20.9. The maximum atomic E-state index is 12.8. The van der Waals surface area contributed by atoms with Crippen LogP contribution in [0.2, 0.25) is 0 Å². The first-order valence-electron chi connectivity index (χ1n) is 9.87. The standard InChI is InChI=1S/C23H23N5OS/c1-3-18-11-19-22(26-14-27-23(19)30-18)25-13-20(29)28-21(17-5-4-10-24-12-17)16-8-6-15(2)7-9-16/h4-12,14,21H,3,13H2,1-2H3,(H,28,29)(H,25,26,27). The normalized spacial score (nSPS) is 11.9. The van der Waals surface area contributed by atoms with Crippen molar-refractivity contribution in [2.75, 3.05) is 11.9 Å². The first kappa shape index (κ1) is 20.0. The van der Waals surface area contributed by atoms with E-state index in [-0.39, 0.29) is 18.5 Å². The van der Waals surface area contributed by atoms with Crippen LogP contribution in [0.15, 0.2) is 61.2 Å². The fraction of sp³-hybridized carbons (Fsp3) is 0.217. The molecule has 1 aromatic carbocycles. The summed E-state index contributed by atoms with van der Waals surface area (Å²) in [7, 11) is 0. The molecule has 0 spiro atoms. The predicted octanol–water partition coefficient (Wildman–Crippen LogP) is 4.27. The van der Waals surface area contributed by atoms with Crippen molar-refractivity contribution in [2.45, 2.75) is 26.3 Å². The van der Waals surface area contributed by atoms with E-state index in [0.29, 0.717) is 5.82 Å². The van der Waals surface area contributed by atoms with E-state index in [2.05, 4.69) is 38.6 Å². The summed E-state index contributed by atoms with van der Waals surface area (Å²) in [5.74, 6) is 0.557. The van der Waals surface area contributed by atoms with E-state index in [1.165, 1.54) is 16.8 Å². The summed E-state index contributed by atoms with van der Waals surface area (Å²) in [6.07, 6.45) is 5.99. The molecule has 0 fully saturated rings. The summed E-state index contributed by atoms with van der Waals surface area (Å²) in [4.78, 5) is 27.8. The number of pyridine rings is 1. The molecule has 0 aliphatic heterocycles. The highest BCUT2D eigenvalue weighted by atomic mass is 32.1. The monoisotopic (exact) mass is 417 g/mol. The van der Waals surface area contributed by atoms with Gasteiger partial charge in [-0.3, -0.25) is 9.78 Å². The predicted molar refractivity (Wildman–Crippen MR) is 121 cm³/mol. The zero-order valence-corrected chi connectivity index (χ0v) is 17.7. The minimum atomic E-state index is -0.271. The Labute approximate surface area is 179 Å². The third-order valence-corrected chi connectivity index (χ3v) is 6.07. The second-order valence-electron chi connectivity index (χ2n) is 7.06. The smallest absolute Gasteiger partial charge is 0.240 e. The molecule has 7 heteroatoms. The molecule has 1 unspecified atom stereocenters. The van der Waals surface area contributed by atoms with Gasteiger partial charge in [0, 0.05) is 17.3 Å². The van der Waals surface area contributed by atoms with Gasteiger partial charge in [-0.25, -0.2) is 9.97 Å². The van der Waals surface area contributed by atoms with Crippen molar-refractivity contribution in [3.8, 4) is 0 Å². The molecule has 0 radical (unpaired) electrons. The number of nitrogens with zero attached hydrogens (tertiary/aromatic N) is 3. The third-order valence-electron chi connectivity index (χ3n) is 4.88. The molecule has 1 amide bonds. The maximum absolute atomic E-state index is 12.8. The van der Waals surface area contributed by atoms with Gasteiger partial charge in [-0.1, -0.05) is 42.8 Å². The fourth-order valence-electron chi connectivity index (χ4n) is 3.26. The Hall–Kier alpha value is -3.32. The van der Waals surface area contributed by atoms with Gasteiger partial charge >= 0.3 is 0 Å². The van der Waals surface area contributed by atoms with Crippen molar-refractivity contribution >= 4 is 33.3 Å². The van der Waals surface area contributed by atoms with Gasteiger partial charge in [0.2, 0.25) is 5.91 Å². The average molecular weight is 418 g/mol. The molecule has 0 aliphatic rings. The Morgan fingerprint density at radius 3 is 2.70 bits per heavy atom. The minimum absolute atomic E-state index is 0.117. The molecule has 4 rings (SSSR count). The number of hydrogen-bond donors (Lipinski definition) is 2. The van der Waals surface area contributed by atoms with Crippen LogP contribution in [0.25, 0.3) is 10.2 Å². The van der Waals surface area contributed by atoms with E-state index < -0.39 is 0 Å². The molecular formula is C23H23N5OS. The van der Waals surface area contributed by atoms with Gasteiger partial charge in [0.25, 0.3) is 0 Å². The second-order valence-corrected chi connectivity index (χ2v) is 8.17. The van der Waals surface area contributed by atoms with Gasteiger partial charge in [-0.2, -0.15) is 0 Å².